The van der Waals surface area contributed by atoms with E-state index in [0.717, 1.165) is 16.7 Å². The Morgan fingerprint density at radius 2 is 1.65 bits per heavy atom. The quantitative estimate of drug-likeness (QED) is 0.306. The fourth-order valence-electron chi connectivity index (χ4n) is 4.19. The fraction of sp³-hybridized carbons (Fsp3) is 0.214. The molecule has 1 atom stereocenters. The number of carbonyl (C=O) groups is 2. The Balaban J connectivity index is 1.79. The third-order valence-electron chi connectivity index (χ3n) is 5.85. The van der Waals surface area contributed by atoms with Crippen molar-refractivity contribution in [2.45, 2.75) is 26.4 Å². The van der Waals surface area contributed by atoms with Gasteiger partial charge in [0, 0.05) is 12.1 Å². The molecular weight excluding hydrogens is 430 g/mol. The number of aliphatic hydroxyl groups is 1. The first kappa shape index (κ1) is 23.1. The number of amides is 1. The summed E-state index contributed by atoms with van der Waals surface area (Å²) in [6.07, 6.45) is 0. The lowest BCUT2D eigenvalue weighted by Crippen LogP contribution is -2.29. The molecule has 0 radical (unpaired) electrons. The van der Waals surface area contributed by atoms with Crippen LogP contribution in [0.2, 0.25) is 0 Å². The maximum atomic E-state index is 13.2. The minimum atomic E-state index is -0.714. The summed E-state index contributed by atoms with van der Waals surface area (Å²) < 4.78 is 10.7. The summed E-state index contributed by atoms with van der Waals surface area (Å²) in [4.78, 5) is 27.9. The summed E-state index contributed by atoms with van der Waals surface area (Å²) >= 11 is 0. The maximum absolute atomic E-state index is 13.2. The van der Waals surface area contributed by atoms with Gasteiger partial charge in [0.2, 0.25) is 0 Å². The van der Waals surface area contributed by atoms with Crippen LogP contribution in [0.3, 0.4) is 0 Å². The largest absolute Gasteiger partial charge is 0.507 e. The molecule has 34 heavy (non-hydrogen) atoms. The van der Waals surface area contributed by atoms with Gasteiger partial charge in [-0.25, -0.2) is 0 Å². The molecule has 6 heteroatoms. The van der Waals surface area contributed by atoms with E-state index in [4.69, 9.17) is 9.47 Å². The average molecular weight is 458 g/mol. The van der Waals surface area contributed by atoms with E-state index in [0.29, 0.717) is 23.7 Å². The summed E-state index contributed by atoms with van der Waals surface area (Å²) in [6, 6.07) is 21.1. The molecule has 1 aliphatic heterocycles. The van der Waals surface area contributed by atoms with E-state index in [1.165, 1.54) is 4.90 Å². The highest BCUT2D eigenvalue weighted by molar-refractivity contribution is 6.46. The van der Waals surface area contributed by atoms with E-state index in [9.17, 15) is 14.7 Å². The van der Waals surface area contributed by atoms with Crippen LogP contribution >= 0.6 is 0 Å². The summed E-state index contributed by atoms with van der Waals surface area (Å²) in [6.45, 7) is 4.58. The molecule has 1 N–H and O–H groups in total. The molecule has 1 unspecified atom stereocenters. The SMILES string of the molecule is CCOc1ccc(/C(O)=C2/C(=O)C(=O)N(Cc3ccc(OC)cc3)C2c2cccc(C)c2)cc1. The molecule has 3 aromatic carbocycles. The number of aryl methyl sites for hydroxylation is 1. The number of ether oxygens (including phenoxy) is 2. The van der Waals surface area contributed by atoms with Crippen LogP contribution in [-0.4, -0.2) is 35.4 Å². The molecule has 4 rings (SSSR count). The van der Waals surface area contributed by atoms with Gasteiger partial charge in [0.25, 0.3) is 11.7 Å². The second-order valence-corrected chi connectivity index (χ2v) is 8.15. The Morgan fingerprint density at radius 1 is 0.971 bits per heavy atom. The molecule has 174 valence electrons. The van der Waals surface area contributed by atoms with Gasteiger partial charge in [0.15, 0.2) is 0 Å². The van der Waals surface area contributed by atoms with Crippen LogP contribution in [0.1, 0.15) is 35.2 Å². The van der Waals surface area contributed by atoms with Gasteiger partial charge in [-0.15, -0.1) is 0 Å². The molecule has 0 spiro atoms. The van der Waals surface area contributed by atoms with Gasteiger partial charge >= 0.3 is 0 Å². The third-order valence-corrected chi connectivity index (χ3v) is 5.85. The molecule has 1 aliphatic rings. The second kappa shape index (κ2) is 9.83. The van der Waals surface area contributed by atoms with Crippen molar-refractivity contribution in [3.8, 4) is 11.5 Å². The zero-order chi connectivity index (χ0) is 24.2. The van der Waals surface area contributed by atoms with Crippen LogP contribution in [0.25, 0.3) is 5.76 Å². The number of carbonyl (C=O) groups excluding carboxylic acids is 2. The van der Waals surface area contributed by atoms with Crippen LogP contribution in [0.15, 0.2) is 78.4 Å². The number of methoxy groups -OCH3 is 1. The molecule has 0 bridgehead atoms. The predicted molar refractivity (Wildman–Crippen MR) is 130 cm³/mol. The van der Waals surface area contributed by atoms with Gasteiger partial charge in [0.05, 0.1) is 25.3 Å². The third kappa shape index (κ3) is 4.53. The lowest BCUT2D eigenvalue weighted by atomic mass is 9.94. The maximum Gasteiger partial charge on any atom is 0.295 e. The van der Waals surface area contributed by atoms with Crippen molar-refractivity contribution in [3.05, 3.63) is 101 Å². The van der Waals surface area contributed by atoms with Gasteiger partial charge < -0.3 is 19.5 Å². The van der Waals surface area contributed by atoms with Crippen LogP contribution in [-0.2, 0) is 16.1 Å². The smallest absolute Gasteiger partial charge is 0.295 e. The normalized spacial score (nSPS) is 17.1. The first-order chi connectivity index (χ1) is 16.4. The number of ketones is 1. The van der Waals surface area contributed by atoms with E-state index >= 15 is 0 Å². The van der Waals surface area contributed by atoms with E-state index in [2.05, 4.69) is 0 Å². The first-order valence-corrected chi connectivity index (χ1v) is 11.1. The van der Waals surface area contributed by atoms with Crippen LogP contribution < -0.4 is 9.47 Å². The lowest BCUT2D eigenvalue weighted by Gasteiger charge is -2.26. The highest BCUT2D eigenvalue weighted by atomic mass is 16.5. The van der Waals surface area contributed by atoms with E-state index in [1.54, 1.807) is 31.4 Å². The molecule has 1 fully saturated rings. The Bertz CT molecular complexity index is 1230. The first-order valence-electron chi connectivity index (χ1n) is 11.1. The fourth-order valence-corrected chi connectivity index (χ4v) is 4.19. The Kier molecular flexibility index (Phi) is 6.68. The van der Waals surface area contributed by atoms with Crippen LogP contribution in [0.5, 0.6) is 11.5 Å². The van der Waals surface area contributed by atoms with E-state index in [1.807, 2.05) is 62.4 Å². The van der Waals surface area contributed by atoms with Crippen molar-refractivity contribution in [3.63, 3.8) is 0 Å². The van der Waals surface area contributed by atoms with Crippen molar-refractivity contribution >= 4 is 17.4 Å². The number of aliphatic hydroxyl groups excluding tert-OH is 1. The summed E-state index contributed by atoms with van der Waals surface area (Å²) in [5.74, 6) is -0.183. The number of Topliss-reactive ketones (excluding diaryl/α,β-unsaturated/α-hetero) is 1. The monoisotopic (exact) mass is 457 g/mol. The average Bonchev–Trinajstić information content (AvgIpc) is 3.09. The topological polar surface area (TPSA) is 76.1 Å². The standard InChI is InChI=1S/C28H27NO5/c1-4-34-23-14-10-20(11-15-23)26(30)24-25(21-7-5-6-18(2)16-21)29(28(32)27(24)31)17-19-8-12-22(33-3)13-9-19/h5-16,25,30H,4,17H2,1-3H3/b26-24-. The molecule has 1 saturated heterocycles. The summed E-state index contributed by atoms with van der Waals surface area (Å²) in [7, 11) is 1.59. The number of nitrogens with zero attached hydrogens (tertiary/aromatic N) is 1. The second-order valence-electron chi connectivity index (χ2n) is 8.15. The minimum Gasteiger partial charge on any atom is -0.507 e. The Hall–Kier alpha value is -4.06. The van der Waals surface area contributed by atoms with E-state index in [-0.39, 0.29) is 17.9 Å². The van der Waals surface area contributed by atoms with Crippen molar-refractivity contribution in [1.29, 1.82) is 0 Å². The number of hydrogen-bond donors (Lipinski definition) is 1. The molecule has 0 aliphatic carbocycles. The van der Waals surface area contributed by atoms with Crippen molar-refractivity contribution in [1.82, 2.24) is 4.90 Å². The molecule has 1 amide bonds. The molecule has 3 aromatic rings. The zero-order valence-corrected chi connectivity index (χ0v) is 19.4. The van der Waals surface area contributed by atoms with Gasteiger partial charge in [0.1, 0.15) is 17.3 Å². The summed E-state index contributed by atoms with van der Waals surface area (Å²) in [5.41, 5.74) is 3.13. The van der Waals surface area contributed by atoms with Crippen LogP contribution in [0, 0.1) is 6.92 Å². The minimum absolute atomic E-state index is 0.0771. The van der Waals surface area contributed by atoms with Crippen molar-refractivity contribution in [2.24, 2.45) is 0 Å². The molecule has 6 nitrogen and oxygen atoms in total. The van der Waals surface area contributed by atoms with E-state index < -0.39 is 17.7 Å². The zero-order valence-electron chi connectivity index (χ0n) is 19.4. The molecule has 0 aromatic heterocycles. The van der Waals surface area contributed by atoms with Gasteiger partial charge in [-0.1, -0.05) is 42.0 Å². The molecule has 1 heterocycles. The van der Waals surface area contributed by atoms with Gasteiger partial charge in [-0.3, -0.25) is 9.59 Å². The van der Waals surface area contributed by atoms with Crippen molar-refractivity contribution in [2.75, 3.05) is 13.7 Å². The number of hydrogen-bond acceptors (Lipinski definition) is 5. The summed E-state index contributed by atoms with van der Waals surface area (Å²) in [5, 5.41) is 11.2. The molecule has 0 saturated carbocycles. The highest BCUT2D eigenvalue weighted by Gasteiger charge is 2.46. The Labute approximate surface area is 199 Å². The Morgan fingerprint density at radius 3 is 2.26 bits per heavy atom. The number of benzene rings is 3. The highest BCUT2D eigenvalue weighted by Crippen LogP contribution is 2.40. The molecular formula is C28H27NO5. The van der Waals surface area contributed by atoms with Crippen molar-refractivity contribution < 1.29 is 24.2 Å². The number of rotatable bonds is 7. The van der Waals surface area contributed by atoms with Gasteiger partial charge in [-0.05, 0) is 61.4 Å². The van der Waals surface area contributed by atoms with Gasteiger partial charge in [-0.2, -0.15) is 0 Å². The number of likely N-dealkylation sites (tertiary alicyclic amines) is 1. The predicted octanol–water partition coefficient (Wildman–Crippen LogP) is 5.02. The van der Waals surface area contributed by atoms with Crippen LogP contribution in [0.4, 0.5) is 0 Å². The lowest BCUT2D eigenvalue weighted by molar-refractivity contribution is -0.140.